The van der Waals surface area contributed by atoms with Crippen LogP contribution in [0.25, 0.3) is 0 Å². The van der Waals surface area contributed by atoms with Crippen LogP contribution < -0.4 is 5.73 Å². The first-order valence-corrected chi connectivity index (χ1v) is 3.31. The molecule has 0 aromatic heterocycles. The lowest BCUT2D eigenvalue weighted by Gasteiger charge is -2.10. The van der Waals surface area contributed by atoms with Gasteiger partial charge in [-0.05, 0) is 6.92 Å². The van der Waals surface area contributed by atoms with Crippen molar-refractivity contribution < 1.29 is 19.1 Å². The highest BCUT2D eigenvalue weighted by molar-refractivity contribution is 5.81. The van der Waals surface area contributed by atoms with Gasteiger partial charge in [-0.25, -0.2) is 9.59 Å². The molecule has 0 radical (unpaired) electrons. The smallest absolute Gasteiger partial charge is 0.404 e. The lowest BCUT2D eigenvalue weighted by Crippen LogP contribution is -2.23. The molecule has 2 N–H and O–H groups in total. The van der Waals surface area contributed by atoms with E-state index < -0.39 is 18.2 Å². The molecule has 68 valence electrons. The fraction of sp³-hybridized carbons (Fsp3) is 0.429. The molecular weight excluding hydrogens is 162 g/mol. The van der Waals surface area contributed by atoms with Crippen LogP contribution in [-0.4, -0.2) is 24.8 Å². The van der Waals surface area contributed by atoms with E-state index in [2.05, 4.69) is 21.8 Å². The Bertz CT molecular complexity index is 190. The van der Waals surface area contributed by atoms with Gasteiger partial charge in [0.2, 0.25) is 0 Å². The van der Waals surface area contributed by atoms with E-state index in [4.69, 9.17) is 0 Å². The Labute approximate surface area is 70.1 Å². The average Bonchev–Trinajstić information content (AvgIpc) is 2.00. The Kier molecular flexibility index (Phi) is 4.52. The van der Waals surface area contributed by atoms with Crippen LogP contribution in [-0.2, 0) is 14.3 Å². The molecule has 0 saturated carbocycles. The fourth-order valence-corrected chi connectivity index (χ4v) is 0.480. The Balaban J connectivity index is 3.59. The van der Waals surface area contributed by atoms with Crippen LogP contribution in [0, 0.1) is 0 Å². The summed E-state index contributed by atoms with van der Waals surface area (Å²) < 4.78 is 9.04. The van der Waals surface area contributed by atoms with Gasteiger partial charge >= 0.3 is 12.1 Å². The summed E-state index contributed by atoms with van der Waals surface area (Å²) in [5, 5.41) is 0. The summed E-state index contributed by atoms with van der Waals surface area (Å²) in [5.41, 5.74) is 4.68. The first kappa shape index (κ1) is 10.5. The van der Waals surface area contributed by atoms with Gasteiger partial charge in [-0.15, -0.1) is 0 Å². The number of rotatable bonds is 4. The number of primary amides is 1. The highest BCUT2D eigenvalue weighted by atomic mass is 16.6. The van der Waals surface area contributed by atoms with Gasteiger partial charge < -0.3 is 15.2 Å². The van der Waals surface area contributed by atoms with Crippen LogP contribution in [0.2, 0.25) is 0 Å². The third-order valence-corrected chi connectivity index (χ3v) is 0.944. The number of hydrogen-bond donors (Lipinski definition) is 1. The summed E-state index contributed by atoms with van der Waals surface area (Å²) in [6.07, 6.45) is -0.375. The zero-order valence-electron chi connectivity index (χ0n) is 6.78. The molecule has 0 rings (SSSR count). The molecule has 5 heteroatoms. The zero-order valence-corrected chi connectivity index (χ0v) is 6.78. The summed E-state index contributed by atoms with van der Waals surface area (Å²) >= 11 is 0. The molecular formula is C7H11NO4. The Hall–Kier alpha value is -1.52. The molecule has 0 aliphatic carbocycles. The van der Waals surface area contributed by atoms with Crippen LogP contribution in [0.15, 0.2) is 12.7 Å². The van der Waals surface area contributed by atoms with Crippen molar-refractivity contribution in [3.63, 3.8) is 0 Å². The van der Waals surface area contributed by atoms with Gasteiger partial charge in [-0.3, -0.25) is 0 Å². The second kappa shape index (κ2) is 5.17. The van der Waals surface area contributed by atoms with Gasteiger partial charge in [0.25, 0.3) is 0 Å². The van der Waals surface area contributed by atoms with Crippen LogP contribution in [0.4, 0.5) is 4.79 Å². The second-order valence-corrected chi connectivity index (χ2v) is 2.08. The third kappa shape index (κ3) is 5.28. The van der Waals surface area contributed by atoms with Crippen molar-refractivity contribution in [2.45, 2.75) is 13.0 Å². The molecule has 0 aromatic carbocycles. The number of esters is 1. The monoisotopic (exact) mass is 173 g/mol. The van der Waals surface area contributed by atoms with E-state index in [-0.39, 0.29) is 6.61 Å². The molecule has 0 aromatic rings. The molecule has 0 unspecified atom stereocenters. The molecule has 1 atom stereocenters. The topological polar surface area (TPSA) is 78.6 Å². The summed E-state index contributed by atoms with van der Waals surface area (Å²) in [7, 11) is 0. The first-order chi connectivity index (χ1) is 5.56. The lowest BCUT2D eigenvalue weighted by atomic mass is 10.4. The van der Waals surface area contributed by atoms with E-state index in [1.54, 1.807) is 6.92 Å². The number of nitrogens with two attached hydrogens (primary N) is 1. The Morgan fingerprint density at radius 3 is 2.67 bits per heavy atom. The molecule has 0 heterocycles. The molecule has 0 aliphatic rings. The standard InChI is InChI=1S/C7H11NO4/c1-3-6(9)12-5(2)4-11-7(8)10/h3,5H,1,4H2,2H3,(H2,8,10)/t5-/m1/s1. The molecule has 12 heavy (non-hydrogen) atoms. The molecule has 0 aliphatic heterocycles. The van der Waals surface area contributed by atoms with Crippen molar-refractivity contribution in [1.82, 2.24) is 0 Å². The summed E-state index contributed by atoms with van der Waals surface area (Å²) in [6.45, 7) is 4.73. The molecule has 0 spiro atoms. The molecule has 0 fully saturated rings. The van der Waals surface area contributed by atoms with Crippen LogP contribution in [0.3, 0.4) is 0 Å². The van der Waals surface area contributed by atoms with Crippen LogP contribution >= 0.6 is 0 Å². The van der Waals surface area contributed by atoms with Crippen molar-refractivity contribution in [3.8, 4) is 0 Å². The van der Waals surface area contributed by atoms with Gasteiger partial charge in [0.1, 0.15) is 12.7 Å². The maximum Gasteiger partial charge on any atom is 0.404 e. The quantitative estimate of drug-likeness (QED) is 0.486. The predicted molar refractivity (Wildman–Crippen MR) is 41.3 cm³/mol. The maximum atomic E-state index is 10.6. The summed E-state index contributed by atoms with van der Waals surface area (Å²) in [6, 6.07) is 0. The van der Waals surface area contributed by atoms with Crippen molar-refractivity contribution in [2.75, 3.05) is 6.61 Å². The number of carbonyl (C=O) groups excluding carboxylic acids is 2. The van der Waals surface area contributed by atoms with Gasteiger partial charge in [-0.2, -0.15) is 0 Å². The minimum absolute atomic E-state index is 0.0467. The van der Waals surface area contributed by atoms with E-state index in [0.717, 1.165) is 6.08 Å². The van der Waals surface area contributed by atoms with E-state index in [1.807, 2.05) is 0 Å². The number of amides is 1. The fourth-order valence-electron chi connectivity index (χ4n) is 0.480. The van der Waals surface area contributed by atoms with E-state index in [0.29, 0.717) is 0 Å². The zero-order chi connectivity index (χ0) is 9.56. The average molecular weight is 173 g/mol. The van der Waals surface area contributed by atoms with Gasteiger partial charge in [0.15, 0.2) is 0 Å². The Morgan fingerprint density at radius 2 is 2.25 bits per heavy atom. The highest BCUT2D eigenvalue weighted by Crippen LogP contribution is 1.92. The van der Waals surface area contributed by atoms with E-state index >= 15 is 0 Å². The van der Waals surface area contributed by atoms with E-state index in [9.17, 15) is 9.59 Å². The predicted octanol–water partition coefficient (Wildman–Crippen LogP) is 0.199. The normalized spacial score (nSPS) is 11.4. The molecule has 1 amide bonds. The highest BCUT2D eigenvalue weighted by Gasteiger charge is 2.07. The van der Waals surface area contributed by atoms with Crippen LogP contribution in [0.5, 0.6) is 0 Å². The minimum Gasteiger partial charge on any atom is -0.456 e. The first-order valence-electron chi connectivity index (χ1n) is 3.31. The van der Waals surface area contributed by atoms with Crippen molar-refractivity contribution in [1.29, 1.82) is 0 Å². The summed E-state index contributed by atoms with van der Waals surface area (Å²) in [5.74, 6) is -0.560. The van der Waals surface area contributed by atoms with Crippen molar-refractivity contribution in [3.05, 3.63) is 12.7 Å². The molecule has 5 nitrogen and oxygen atoms in total. The van der Waals surface area contributed by atoms with E-state index in [1.165, 1.54) is 0 Å². The molecule has 0 saturated heterocycles. The third-order valence-electron chi connectivity index (χ3n) is 0.944. The van der Waals surface area contributed by atoms with Gasteiger partial charge in [0.05, 0.1) is 0 Å². The minimum atomic E-state index is -0.892. The maximum absolute atomic E-state index is 10.6. The number of hydrogen-bond acceptors (Lipinski definition) is 4. The van der Waals surface area contributed by atoms with Crippen molar-refractivity contribution >= 4 is 12.1 Å². The lowest BCUT2D eigenvalue weighted by molar-refractivity contribution is -0.143. The second-order valence-electron chi connectivity index (χ2n) is 2.08. The molecule has 0 bridgehead atoms. The largest absolute Gasteiger partial charge is 0.456 e. The van der Waals surface area contributed by atoms with Gasteiger partial charge in [-0.1, -0.05) is 6.58 Å². The SMILES string of the molecule is C=CC(=O)O[C@H](C)COC(N)=O. The summed E-state index contributed by atoms with van der Waals surface area (Å²) in [4.78, 5) is 20.7. The van der Waals surface area contributed by atoms with Gasteiger partial charge in [0, 0.05) is 6.08 Å². The number of carbonyl (C=O) groups is 2. The Morgan fingerprint density at radius 1 is 1.67 bits per heavy atom. The van der Waals surface area contributed by atoms with Crippen molar-refractivity contribution in [2.24, 2.45) is 5.73 Å². The number of ether oxygens (including phenoxy) is 2. The van der Waals surface area contributed by atoms with Crippen LogP contribution in [0.1, 0.15) is 6.92 Å².